The van der Waals surface area contributed by atoms with E-state index in [1.807, 2.05) is 36.0 Å². The van der Waals surface area contributed by atoms with Gasteiger partial charge in [0.2, 0.25) is 0 Å². The quantitative estimate of drug-likeness (QED) is 0.881. The first-order chi connectivity index (χ1) is 8.35. The summed E-state index contributed by atoms with van der Waals surface area (Å²) in [4.78, 5) is 0. The van der Waals surface area contributed by atoms with Crippen LogP contribution in [0.2, 0.25) is 0 Å². The molecule has 0 saturated heterocycles. The lowest BCUT2D eigenvalue weighted by Gasteiger charge is -2.21. The van der Waals surface area contributed by atoms with Gasteiger partial charge in [-0.05, 0) is 30.7 Å². The van der Waals surface area contributed by atoms with Gasteiger partial charge in [-0.2, -0.15) is 17.0 Å². The molecule has 2 nitrogen and oxygen atoms in total. The highest BCUT2D eigenvalue weighted by molar-refractivity contribution is 7.99. The summed E-state index contributed by atoms with van der Waals surface area (Å²) in [5.41, 5.74) is 1.74. The Bertz CT molecular complexity index is 411. The number of para-hydroxylation sites is 1. The molecule has 0 aliphatic heterocycles. The van der Waals surface area contributed by atoms with E-state index in [1.165, 1.54) is 25.0 Å². The Morgan fingerprint density at radius 3 is 3.00 bits per heavy atom. The highest BCUT2D eigenvalue weighted by atomic mass is 32.2. The molecule has 1 aliphatic rings. The summed E-state index contributed by atoms with van der Waals surface area (Å²) >= 11 is 2.03. The van der Waals surface area contributed by atoms with E-state index < -0.39 is 0 Å². The highest BCUT2D eigenvalue weighted by Gasteiger charge is 2.27. The van der Waals surface area contributed by atoms with Crippen LogP contribution in [0.4, 0.5) is 5.69 Å². The molecule has 1 fully saturated rings. The Labute approximate surface area is 107 Å². The SMILES string of the molecule is CCSC1CCCC1Nc1ccccc1C#N. The minimum atomic E-state index is 0.523. The number of nitrogens with one attached hydrogen (secondary N) is 1. The summed E-state index contributed by atoms with van der Waals surface area (Å²) in [6.07, 6.45) is 3.81. The van der Waals surface area contributed by atoms with E-state index in [2.05, 4.69) is 18.3 Å². The molecule has 0 spiro atoms. The van der Waals surface area contributed by atoms with Crippen molar-refractivity contribution in [2.75, 3.05) is 11.1 Å². The molecule has 2 unspecified atom stereocenters. The van der Waals surface area contributed by atoms with Crippen molar-refractivity contribution in [3.8, 4) is 6.07 Å². The van der Waals surface area contributed by atoms with Crippen LogP contribution in [0.25, 0.3) is 0 Å². The summed E-state index contributed by atoms with van der Waals surface area (Å²) in [6.45, 7) is 2.21. The standard InChI is InChI=1S/C14H18N2S/c1-2-17-14-9-5-8-13(14)16-12-7-4-3-6-11(12)10-15/h3-4,6-7,13-14,16H,2,5,8-9H2,1H3. The monoisotopic (exact) mass is 246 g/mol. The van der Waals surface area contributed by atoms with Gasteiger partial charge in [0, 0.05) is 11.3 Å². The van der Waals surface area contributed by atoms with Gasteiger partial charge < -0.3 is 5.32 Å². The largest absolute Gasteiger partial charge is 0.380 e. The first kappa shape index (κ1) is 12.3. The lowest BCUT2D eigenvalue weighted by atomic mass is 10.1. The van der Waals surface area contributed by atoms with Crippen LogP contribution in [0.1, 0.15) is 31.7 Å². The molecule has 1 saturated carbocycles. The van der Waals surface area contributed by atoms with Crippen LogP contribution < -0.4 is 5.32 Å². The van der Waals surface area contributed by atoms with Gasteiger partial charge in [0.1, 0.15) is 6.07 Å². The molecule has 1 aromatic carbocycles. The van der Waals surface area contributed by atoms with Crippen molar-refractivity contribution in [3.05, 3.63) is 29.8 Å². The van der Waals surface area contributed by atoms with Crippen LogP contribution in [0.3, 0.4) is 0 Å². The molecule has 2 rings (SSSR count). The topological polar surface area (TPSA) is 35.8 Å². The van der Waals surface area contributed by atoms with Gasteiger partial charge >= 0.3 is 0 Å². The summed E-state index contributed by atoms with van der Waals surface area (Å²) in [6, 6.07) is 10.5. The Kier molecular flexibility index (Phi) is 4.33. The fourth-order valence-corrected chi connectivity index (χ4v) is 3.61. The molecule has 17 heavy (non-hydrogen) atoms. The molecule has 3 heteroatoms. The average molecular weight is 246 g/mol. The predicted octanol–water partition coefficient (Wildman–Crippen LogP) is 3.64. The molecule has 2 atom stereocenters. The van der Waals surface area contributed by atoms with E-state index in [0.29, 0.717) is 11.3 Å². The maximum Gasteiger partial charge on any atom is 0.101 e. The molecule has 1 N–H and O–H groups in total. The van der Waals surface area contributed by atoms with E-state index in [9.17, 15) is 0 Å². The Morgan fingerprint density at radius 1 is 1.41 bits per heavy atom. The van der Waals surface area contributed by atoms with Crippen molar-refractivity contribution < 1.29 is 0 Å². The zero-order chi connectivity index (χ0) is 12.1. The molecule has 1 aromatic rings. The zero-order valence-electron chi connectivity index (χ0n) is 10.1. The second kappa shape index (κ2) is 5.97. The van der Waals surface area contributed by atoms with Gasteiger partial charge in [-0.15, -0.1) is 0 Å². The van der Waals surface area contributed by atoms with E-state index >= 15 is 0 Å². The number of hydrogen-bond donors (Lipinski definition) is 1. The van der Waals surface area contributed by atoms with Gasteiger partial charge in [-0.25, -0.2) is 0 Å². The third-order valence-electron chi connectivity index (χ3n) is 3.22. The summed E-state index contributed by atoms with van der Waals surface area (Å²) in [5.74, 6) is 1.17. The maximum absolute atomic E-state index is 9.07. The van der Waals surface area contributed by atoms with Crippen LogP contribution in [-0.4, -0.2) is 17.0 Å². The minimum Gasteiger partial charge on any atom is -0.380 e. The summed E-state index contributed by atoms with van der Waals surface area (Å²) in [5, 5.41) is 13.3. The van der Waals surface area contributed by atoms with Crippen LogP contribution >= 0.6 is 11.8 Å². The average Bonchev–Trinajstić information content (AvgIpc) is 2.78. The third kappa shape index (κ3) is 2.95. The Morgan fingerprint density at radius 2 is 2.24 bits per heavy atom. The van der Waals surface area contributed by atoms with Crippen molar-refractivity contribution in [2.24, 2.45) is 0 Å². The van der Waals surface area contributed by atoms with Crippen LogP contribution in [0.15, 0.2) is 24.3 Å². The van der Waals surface area contributed by atoms with E-state index in [4.69, 9.17) is 5.26 Å². The number of hydrogen-bond acceptors (Lipinski definition) is 3. The third-order valence-corrected chi connectivity index (χ3v) is 4.55. The van der Waals surface area contributed by atoms with Crippen LogP contribution in [0.5, 0.6) is 0 Å². The van der Waals surface area contributed by atoms with Crippen molar-refractivity contribution in [3.63, 3.8) is 0 Å². The smallest absolute Gasteiger partial charge is 0.101 e. The van der Waals surface area contributed by atoms with Crippen LogP contribution in [-0.2, 0) is 0 Å². The summed E-state index contributed by atoms with van der Waals surface area (Å²) < 4.78 is 0. The predicted molar refractivity (Wildman–Crippen MR) is 74.3 cm³/mol. The first-order valence-corrected chi connectivity index (χ1v) is 7.27. The fraction of sp³-hybridized carbons (Fsp3) is 0.500. The van der Waals surface area contributed by atoms with Gasteiger partial charge in [0.15, 0.2) is 0 Å². The maximum atomic E-state index is 9.07. The second-order valence-corrected chi connectivity index (χ2v) is 5.85. The van der Waals surface area contributed by atoms with Gasteiger partial charge in [0.25, 0.3) is 0 Å². The van der Waals surface area contributed by atoms with Crippen molar-refractivity contribution in [2.45, 2.75) is 37.5 Å². The van der Waals surface area contributed by atoms with Gasteiger partial charge in [-0.3, -0.25) is 0 Å². The molecule has 0 amide bonds. The van der Waals surface area contributed by atoms with Crippen molar-refractivity contribution >= 4 is 17.4 Å². The highest BCUT2D eigenvalue weighted by Crippen LogP contribution is 2.32. The Balaban J connectivity index is 2.07. The number of nitrogens with zero attached hydrogens (tertiary/aromatic N) is 1. The van der Waals surface area contributed by atoms with E-state index in [0.717, 1.165) is 11.3 Å². The van der Waals surface area contributed by atoms with Crippen LogP contribution in [0, 0.1) is 11.3 Å². The number of nitriles is 1. The normalized spacial score (nSPS) is 23.3. The molecule has 90 valence electrons. The molecule has 1 aliphatic carbocycles. The number of benzene rings is 1. The molecular weight excluding hydrogens is 228 g/mol. The Hall–Kier alpha value is -1.14. The van der Waals surface area contributed by atoms with Gasteiger partial charge in [-0.1, -0.05) is 25.5 Å². The fourth-order valence-electron chi connectivity index (χ4n) is 2.41. The molecular formula is C14H18N2S. The van der Waals surface area contributed by atoms with E-state index in [1.54, 1.807) is 0 Å². The zero-order valence-corrected chi connectivity index (χ0v) is 11.0. The molecule has 0 heterocycles. The van der Waals surface area contributed by atoms with Gasteiger partial charge in [0.05, 0.1) is 11.3 Å². The number of thioether (sulfide) groups is 1. The van der Waals surface area contributed by atoms with E-state index in [-0.39, 0.29) is 0 Å². The second-order valence-electron chi connectivity index (χ2n) is 4.33. The van der Waals surface area contributed by atoms with Crippen molar-refractivity contribution in [1.29, 1.82) is 5.26 Å². The number of anilines is 1. The number of rotatable bonds is 4. The van der Waals surface area contributed by atoms with Crippen molar-refractivity contribution in [1.82, 2.24) is 0 Å². The first-order valence-electron chi connectivity index (χ1n) is 6.22. The molecule has 0 aromatic heterocycles. The summed E-state index contributed by atoms with van der Waals surface area (Å²) in [7, 11) is 0. The molecule has 0 radical (unpaired) electrons. The minimum absolute atomic E-state index is 0.523. The molecule has 0 bridgehead atoms. The lowest BCUT2D eigenvalue weighted by molar-refractivity contribution is 0.767. The lowest BCUT2D eigenvalue weighted by Crippen LogP contribution is -2.26.